The minimum Gasteiger partial charge on any atom is -0.478 e. The highest BCUT2D eigenvalue weighted by atomic mass is 16.5. The van der Waals surface area contributed by atoms with Crippen molar-refractivity contribution in [2.75, 3.05) is 13.7 Å². The minimum atomic E-state index is -0.889. The average molecular weight is 230 g/mol. The number of carbonyl (C=O) groups is 1. The lowest BCUT2D eigenvalue weighted by molar-refractivity contribution is 0.0699. The van der Waals surface area contributed by atoms with E-state index in [9.17, 15) is 4.79 Å². The first-order valence-corrected chi connectivity index (χ1v) is 5.47. The highest BCUT2D eigenvalue weighted by molar-refractivity contribution is 6.04. The Morgan fingerprint density at radius 1 is 1.18 bits per heavy atom. The number of hydrogen-bond acceptors (Lipinski definition) is 2. The number of fused-ring (bicyclic) bond motifs is 1. The molecular formula is C14H14O3. The van der Waals surface area contributed by atoms with Crippen LogP contribution in [0.5, 0.6) is 0 Å². The van der Waals surface area contributed by atoms with Crippen molar-refractivity contribution in [3.8, 4) is 0 Å². The van der Waals surface area contributed by atoms with Crippen LogP contribution in [0.25, 0.3) is 10.8 Å². The Balaban J connectivity index is 2.58. The predicted molar refractivity (Wildman–Crippen MR) is 66.5 cm³/mol. The summed E-state index contributed by atoms with van der Waals surface area (Å²) in [6.45, 7) is 0.635. The first-order chi connectivity index (χ1) is 8.24. The van der Waals surface area contributed by atoms with Crippen molar-refractivity contribution in [1.82, 2.24) is 0 Å². The monoisotopic (exact) mass is 230 g/mol. The molecule has 0 spiro atoms. The Labute approximate surface area is 99.6 Å². The summed E-state index contributed by atoms with van der Waals surface area (Å²) in [5.74, 6) is -0.889. The van der Waals surface area contributed by atoms with Gasteiger partial charge in [0.1, 0.15) is 0 Å². The Kier molecular flexibility index (Phi) is 3.40. The van der Waals surface area contributed by atoms with Gasteiger partial charge in [-0.2, -0.15) is 0 Å². The van der Waals surface area contributed by atoms with Gasteiger partial charge in [0.15, 0.2) is 0 Å². The van der Waals surface area contributed by atoms with Gasteiger partial charge in [-0.05, 0) is 28.8 Å². The summed E-state index contributed by atoms with van der Waals surface area (Å²) in [7, 11) is 1.66. The lowest BCUT2D eigenvalue weighted by atomic mass is 9.98. The smallest absolute Gasteiger partial charge is 0.336 e. The van der Waals surface area contributed by atoms with Crippen LogP contribution in [0.2, 0.25) is 0 Å². The summed E-state index contributed by atoms with van der Waals surface area (Å²) in [6, 6.07) is 11.1. The molecule has 0 aliphatic heterocycles. The summed E-state index contributed by atoms with van der Waals surface area (Å²) in [4.78, 5) is 11.1. The van der Waals surface area contributed by atoms with E-state index in [2.05, 4.69) is 0 Å². The average Bonchev–Trinajstić information content (AvgIpc) is 2.35. The summed E-state index contributed by atoms with van der Waals surface area (Å²) in [5.41, 5.74) is 1.47. The first kappa shape index (κ1) is 11.6. The molecule has 17 heavy (non-hydrogen) atoms. The second-order valence-corrected chi connectivity index (χ2v) is 3.87. The molecule has 0 aliphatic carbocycles. The number of aromatic carboxylic acids is 1. The highest BCUT2D eigenvalue weighted by Crippen LogP contribution is 2.23. The van der Waals surface area contributed by atoms with E-state index in [0.29, 0.717) is 12.2 Å². The van der Waals surface area contributed by atoms with Gasteiger partial charge < -0.3 is 9.84 Å². The maximum absolute atomic E-state index is 11.1. The zero-order chi connectivity index (χ0) is 12.3. The molecule has 2 rings (SSSR count). The van der Waals surface area contributed by atoms with Gasteiger partial charge in [0.25, 0.3) is 0 Å². The largest absolute Gasteiger partial charge is 0.478 e. The van der Waals surface area contributed by atoms with E-state index < -0.39 is 5.97 Å². The van der Waals surface area contributed by atoms with Gasteiger partial charge in [-0.25, -0.2) is 4.79 Å². The second-order valence-electron chi connectivity index (χ2n) is 3.87. The molecule has 0 atom stereocenters. The first-order valence-electron chi connectivity index (χ1n) is 5.47. The molecule has 2 aromatic rings. The lowest BCUT2D eigenvalue weighted by Gasteiger charge is -2.08. The summed E-state index contributed by atoms with van der Waals surface area (Å²) >= 11 is 0. The van der Waals surface area contributed by atoms with Crippen LogP contribution in [-0.2, 0) is 11.2 Å². The molecule has 0 amide bonds. The third-order valence-corrected chi connectivity index (χ3v) is 2.82. The van der Waals surface area contributed by atoms with Gasteiger partial charge in [-0.1, -0.05) is 30.3 Å². The number of carboxylic acids is 1. The maximum Gasteiger partial charge on any atom is 0.336 e. The molecule has 0 saturated heterocycles. The van der Waals surface area contributed by atoms with Gasteiger partial charge in [0, 0.05) is 7.11 Å². The molecule has 0 heterocycles. The van der Waals surface area contributed by atoms with E-state index in [1.807, 2.05) is 30.3 Å². The number of hydrogen-bond donors (Lipinski definition) is 1. The van der Waals surface area contributed by atoms with Crippen molar-refractivity contribution in [1.29, 1.82) is 0 Å². The third kappa shape index (κ3) is 2.29. The number of methoxy groups -OCH3 is 1. The van der Waals surface area contributed by atoms with E-state index in [1.54, 1.807) is 13.2 Å². The van der Waals surface area contributed by atoms with Crippen LogP contribution in [0.3, 0.4) is 0 Å². The predicted octanol–water partition coefficient (Wildman–Crippen LogP) is 2.73. The van der Waals surface area contributed by atoms with E-state index in [-0.39, 0.29) is 0 Å². The van der Waals surface area contributed by atoms with E-state index >= 15 is 0 Å². The molecular weight excluding hydrogens is 216 g/mol. The SMILES string of the molecule is COCCc1ccc(C(=O)O)c2ccccc12. The summed E-state index contributed by atoms with van der Waals surface area (Å²) in [6.07, 6.45) is 0.789. The quantitative estimate of drug-likeness (QED) is 0.878. The fourth-order valence-electron chi connectivity index (χ4n) is 1.98. The van der Waals surface area contributed by atoms with Gasteiger partial charge in [-0.3, -0.25) is 0 Å². The molecule has 0 unspecified atom stereocenters. The van der Waals surface area contributed by atoms with Crippen LogP contribution < -0.4 is 0 Å². The van der Waals surface area contributed by atoms with Crippen LogP contribution >= 0.6 is 0 Å². The number of benzene rings is 2. The Morgan fingerprint density at radius 2 is 1.88 bits per heavy atom. The minimum absolute atomic E-state index is 0.349. The molecule has 3 nitrogen and oxygen atoms in total. The highest BCUT2D eigenvalue weighted by Gasteiger charge is 2.10. The number of carboxylic acid groups (broad SMARTS) is 1. The van der Waals surface area contributed by atoms with Crippen LogP contribution in [0.15, 0.2) is 36.4 Å². The van der Waals surface area contributed by atoms with Crippen molar-refractivity contribution >= 4 is 16.7 Å². The van der Waals surface area contributed by atoms with Gasteiger partial charge in [-0.15, -0.1) is 0 Å². The molecule has 3 heteroatoms. The van der Waals surface area contributed by atoms with Crippen LogP contribution in [0, 0.1) is 0 Å². The fourth-order valence-corrected chi connectivity index (χ4v) is 1.98. The van der Waals surface area contributed by atoms with Crippen molar-refractivity contribution < 1.29 is 14.6 Å². The molecule has 88 valence electrons. The number of rotatable bonds is 4. The molecule has 2 aromatic carbocycles. The van der Waals surface area contributed by atoms with Crippen LogP contribution in [-0.4, -0.2) is 24.8 Å². The van der Waals surface area contributed by atoms with E-state index in [1.165, 1.54) is 0 Å². The Hall–Kier alpha value is -1.87. The van der Waals surface area contributed by atoms with Crippen molar-refractivity contribution in [3.05, 3.63) is 47.5 Å². The summed E-state index contributed by atoms with van der Waals surface area (Å²) in [5, 5.41) is 10.9. The second kappa shape index (κ2) is 4.97. The van der Waals surface area contributed by atoms with E-state index in [0.717, 1.165) is 22.8 Å². The molecule has 1 N–H and O–H groups in total. The van der Waals surface area contributed by atoms with Crippen molar-refractivity contribution in [2.24, 2.45) is 0 Å². The van der Waals surface area contributed by atoms with Gasteiger partial charge >= 0.3 is 5.97 Å². The molecule has 0 fully saturated rings. The van der Waals surface area contributed by atoms with Crippen LogP contribution in [0.4, 0.5) is 0 Å². The molecule has 0 aliphatic rings. The Morgan fingerprint density at radius 3 is 2.53 bits per heavy atom. The normalized spacial score (nSPS) is 10.6. The topological polar surface area (TPSA) is 46.5 Å². The molecule has 0 radical (unpaired) electrons. The lowest BCUT2D eigenvalue weighted by Crippen LogP contribution is -2.01. The molecule has 0 bridgehead atoms. The molecule has 0 saturated carbocycles. The third-order valence-electron chi connectivity index (χ3n) is 2.82. The fraction of sp³-hybridized carbons (Fsp3) is 0.214. The van der Waals surface area contributed by atoms with Crippen molar-refractivity contribution in [2.45, 2.75) is 6.42 Å². The Bertz CT molecular complexity index is 546. The zero-order valence-corrected chi connectivity index (χ0v) is 9.64. The summed E-state index contributed by atoms with van der Waals surface area (Å²) < 4.78 is 5.06. The standard InChI is InChI=1S/C14H14O3/c1-17-9-8-10-6-7-13(14(15)16)12-5-3-2-4-11(10)12/h2-7H,8-9H2,1H3,(H,15,16). The van der Waals surface area contributed by atoms with Crippen LogP contribution in [0.1, 0.15) is 15.9 Å². The molecule has 0 aromatic heterocycles. The maximum atomic E-state index is 11.1. The van der Waals surface area contributed by atoms with E-state index in [4.69, 9.17) is 9.84 Å². The van der Waals surface area contributed by atoms with Crippen molar-refractivity contribution in [3.63, 3.8) is 0 Å². The zero-order valence-electron chi connectivity index (χ0n) is 9.64. The van der Waals surface area contributed by atoms with Gasteiger partial charge in [0.2, 0.25) is 0 Å². The van der Waals surface area contributed by atoms with Gasteiger partial charge in [0.05, 0.1) is 12.2 Å². The number of ether oxygens (including phenoxy) is 1.